The Morgan fingerprint density at radius 3 is 2.59 bits per heavy atom. The number of imidazole rings is 1. The maximum absolute atomic E-state index is 12.7. The number of ketones is 1. The van der Waals surface area contributed by atoms with Crippen molar-refractivity contribution in [3.8, 4) is 11.4 Å². The van der Waals surface area contributed by atoms with Crippen LogP contribution < -0.4 is 0 Å². The van der Waals surface area contributed by atoms with Crippen LogP contribution in [0.3, 0.4) is 0 Å². The van der Waals surface area contributed by atoms with Crippen molar-refractivity contribution in [1.29, 1.82) is 0 Å². The lowest BCUT2D eigenvalue weighted by atomic mass is 9.79. The SMILES string of the molecule is Cn1cncc1-c1cc2cc(CC(=O)C3CCC(CO)CC3)ncc2cn1. The lowest BCUT2D eigenvalue weighted by Gasteiger charge is -2.26. The van der Waals surface area contributed by atoms with Gasteiger partial charge in [-0.2, -0.15) is 0 Å². The molecule has 0 saturated heterocycles. The molecule has 3 heterocycles. The van der Waals surface area contributed by atoms with Crippen LogP contribution in [0.2, 0.25) is 0 Å². The Bertz CT molecular complexity index is 958. The van der Waals surface area contributed by atoms with Crippen LogP contribution in [0.1, 0.15) is 31.4 Å². The fourth-order valence-corrected chi connectivity index (χ4v) is 3.91. The summed E-state index contributed by atoms with van der Waals surface area (Å²) < 4.78 is 1.93. The highest BCUT2D eigenvalue weighted by molar-refractivity contribution is 5.87. The number of carbonyl (C=O) groups excluding carboxylic acids is 1. The van der Waals surface area contributed by atoms with Crippen LogP contribution in [0.4, 0.5) is 0 Å². The van der Waals surface area contributed by atoms with Gasteiger partial charge in [0.05, 0.1) is 23.9 Å². The summed E-state index contributed by atoms with van der Waals surface area (Å²) in [6.45, 7) is 0.236. The van der Waals surface area contributed by atoms with Gasteiger partial charge in [-0.25, -0.2) is 4.98 Å². The van der Waals surface area contributed by atoms with E-state index in [4.69, 9.17) is 0 Å². The third-order valence-electron chi connectivity index (χ3n) is 5.65. The summed E-state index contributed by atoms with van der Waals surface area (Å²) >= 11 is 0. The van der Waals surface area contributed by atoms with Gasteiger partial charge in [0, 0.05) is 49.5 Å². The molecule has 0 atom stereocenters. The Morgan fingerprint density at radius 1 is 1.11 bits per heavy atom. The molecule has 6 heteroatoms. The van der Waals surface area contributed by atoms with Gasteiger partial charge in [-0.05, 0) is 49.1 Å². The fraction of sp³-hybridized carbons (Fsp3) is 0.429. The summed E-state index contributed by atoms with van der Waals surface area (Å²) in [6.07, 6.45) is 11.2. The summed E-state index contributed by atoms with van der Waals surface area (Å²) in [5.74, 6) is 0.734. The summed E-state index contributed by atoms with van der Waals surface area (Å²) in [5, 5.41) is 11.2. The average Bonchev–Trinajstić information content (AvgIpc) is 3.13. The number of aryl methyl sites for hydroxylation is 1. The number of aliphatic hydroxyl groups excluding tert-OH is 1. The predicted molar refractivity (Wildman–Crippen MR) is 103 cm³/mol. The highest BCUT2D eigenvalue weighted by Gasteiger charge is 2.26. The van der Waals surface area contributed by atoms with Crippen molar-refractivity contribution in [3.05, 3.63) is 42.7 Å². The van der Waals surface area contributed by atoms with E-state index < -0.39 is 0 Å². The minimum Gasteiger partial charge on any atom is -0.396 e. The van der Waals surface area contributed by atoms with E-state index in [1.54, 1.807) is 18.7 Å². The quantitative estimate of drug-likeness (QED) is 0.753. The lowest BCUT2D eigenvalue weighted by molar-refractivity contribution is -0.123. The molecule has 1 fully saturated rings. The number of carbonyl (C=O) groups is 1. The van der Waals surface area contributed by atoms with Gasteiger partial charge >= 0.3 is 0 Å². The number of hydrogen-bond donors (Lipinski definition) is 1. The van der Waals surface area contributed by atoms with Crippen molar-refractivity contribution in [1.82, 2.24) is 19.5 Å². The number of aliphatic hydroxyl groups is 1. The van der Waals surface area contributed by atoms with Crippen LogP contribution in [-0.4, -0.2) is 37.0 Å². The average molecular weight is 364 g/mol. The lowest BCUT2D eigenvalue weighted by Crippen LogP contribution is -2.24. The molecule has 0 bridgehead atoms. The van der Waals surface area contributed by atoms with Gasteiger partial charge in [-0.3, -0.25) is 14.8 Å². The van der Waals surface area contributed by atoms with Crippen LogP contribution in [0.15, 0.2) is 37.1 Å². The highest BCUT2D eigenvalue weighted by Crippen LogP contribution is 2.30. The topological polar surface area (TPSA) is 80.9 Å². The van der Waals surface area contributed by atoms with Crippen molar-refractivity contribution in [2.24, 2.45) is 18.9 Å². The highest BCUT2D eigenvalue weighted by atomic mass is 16.3. The second-order valence-corrected chi connectivity index (χ2v) is 7.53. The van der Waals surface area contributed by atoms with Crippen LogP contribution in [0.25, 0.3) is 22.2 Å². The van der Waals surface area contributed by atoms with Crippen molar-refractivity contribution >= 4 is 16.6 Å². The Labute approximate surface area is 158 Å². The molecule has 6 nitrogen and oxygen atoms in total. The van der Waals surface area contributed by atoms with Gasteiger partial charge in [0.1, 0.15) is 5.78 Å². The summed E-state index contributed by atoms with van der Waals surface area (Å²) in [5.41, 5.74) is 2.61. The molecule has 1 N–H and O–H groups in total. The van der Waals surface area contributed by atoms with Crippen molar-refractivity contribution < 1.29 is 9.90 Å². The molecule has 1 aliphatic rings. The number of fused-ring (bicyclic) bond motifs is 1. The molecular formula is C21H24N4O2. The van der Waals surface area contributed by atoms with E-state index in [2.05, 4.69) is 15.0 Å². The molecule has 1 saturated carbocycles. The Kier molecular flexibility index (Phi) is 4.99. The molecule has 3 aromatic heterocycles. The Balaban J connectivity index is 1.52. The minimum atomic E-state index is 0.104. The smallest absolute Gasteiger partial charge is 0.141 e. The second kappa shape index (κ2) is 7.56. The van der Waals surface area contributed by atoms with Gasteiger partial charge in [-0.1, -0.05) is 0 Å². The molecule has 0 aromatic carbocycles. The third-order valence-corrected chi connectivity index (χ3v) is 5.65. The van der Waals surface area contributed by atoms with Gasteiger partial charge in [0.2, 0.25) is 0 Å². The monoisotopic (exact) mass is 364 g/mol. The van der Waals surface area contributed by atoms with E-state index in [1.165, 1.54) is 0 Å². The minimum absolute atomic E-state index is 0.104. The van der Waals surface area contributed by atoms with Crippen LogP contribution in [0.5, 0.6) is 0 Å². The van der Waals surface area contributed by atoms with Crippen molar-refractivity contribution in [3.63, 3.8) is 0 Å². The van der Waals surface area contributed by atoms with E-state index >= 15 is 0 Å². The Hall–Kier alpha value is -2.60. The molecule has 3 aromatic rings. The first-order chi connectivity index (χ1) is 13.1. The van der Waals surface area contributed by atoms with Crippen LogP contribution >= 0.6 is 0 Å². The van der Waals surface area contributed by atoms with Gasteiger partial charge in [0.25, 0.3) is 0 Å². The maximum Gasteiger partial charge on any atom is 0.141 e. The van der Waals surface area contributed by atoms with E-state index in [1.807, 2.05) is 29.9 Å². The molecule has 4 rings (SSSR count). The molecular weight excluding hydrogens is 340 g/mol. The largest absolute Gasteiger partial charge is 0.396 e. The van der Waals surface area contributed by atoms with Crippen molar-refractivity contribution in [2.45, 2.75) is 32.1 Å². The second-order valence-electron chi connectivity index (χ2n) is 7.53. The number of nitrogens with zero attached hydrogens (tertiary/aromatic N) is 4. The first-order valence-electron chi connectivity index (χ1n) is 9.49. The predicted octanol–water partition coefficient (Wildman–Crippen LogP) is 2.94. The van der Waals surface area contributed by atoms with Gasteiger partial charge in [0.15, 0.2) is 0 Å². The summed E-state index contributed by atoms with van der Waals surface area (Å²) in [6, 6.07) is 4.02. The number of rotatable bonds is 5. The molecule has 1 aliphatic carbocycles. The molecule has 0 unspecified atom stereocenters. The standard InChI is InChI=1S/C21H24N4O2/c1-25-13-22-11-20(25)19-7-16-6-18(23-9-17(16)10-24-19)8-21(27)15-4-2-14(12-26)3-5-15/h6-7,9-11,13-15,26H,2-5,8,12H2,1H3. The zero-order chi connectivity index (χ0) is 18.8. The van der Waals surface area contributed by atoms with Gasteiger partial charge in [-0.15, -0.1) is 0 Å². The molecule has 0 spiro atoms. The zero-order valence-electron chi connectivity index (χ0n) is 15.5. The van der Waals surface area contributed by atoms with E-state index in [0.717, 1.165) is 53.5 Å². The van der Waals surface area contributed by atoms with E-state index in [9.17, 15) is 9.90 Å². The van der Waals surface area contributed by atoms with E-state index in [-0.39, 0.29) is 18.3 Å². The van der Waals surface area contributed by atoms with Crippen LogP contribution in [0, 0.1) is 11.8 Å². The summed E-state index contributed by atoms with van der Waals surface area (Å²) in [4.78, 5) is 25.8. The van der Waals surface area contributed by atoms with Crippen LogP contribution in [-0.2, 0) is 18.3 Å². The first-order valence-corrected chi connectivity index (χ1v) is 9.49. The van der Waals surface area contributed by atoms with Gasteiger partial charge < -0.3 is 9.67 Å². The number of pyridine rings is 2. The molecule has 0 radical (unpaired) electrons. The maximum atomic E-state index is 12.7. The Morgan fingerprint density at radius 2 is 1.89 bits per heavy atom. The number of hydrogen-bond acceptors (Lipinski definition) is 5. The molecule has 0 aliphatic heterocycles. The first kappa shape index (κ1) is 17.8. The number of Topliss-reactive ketones (excluding diaryl/α,β-unsaturated/α-hetero) is 1. The fourth-order valence-electron chi connectivity index (χ4n) is 3.91. The molecule has 140 valence electrons. The number of aromatic nitrogens is 4. The normalized spacial score (nSPS) is 20.1. The third kappa shape index (κ3) is 3.76. The molecule has 0 amide bonds. The van der Waals surface area contributed by atoms with E-state index in [0.29, 0.717) is 12.3 Å². The zero-order valence-corrected chi connectivity index (χ0v) is 15.5. The van der Waals surface area contributed by atoms with Crippen molar-refractivity contribution in [2.75, 3.05) is 6.61 Å². The molecule has 27 heavy (non-hydrogen) atoms. The summed E-state index contributed by atoms with van der Waals surface area (Å²) in [7, 11) is 1.94.